The van der Waals surface area contributed by atoms with Crippen molar-refractivity contribution in [2.24, 2.45) is 0 Å². The van der Waals surface area contributed by atoms with E-state index in [1.165, 1.54) is 16.4 Å². The predicted molar refractivity (Wildman–Crippen MR) is 174 cm³/mol. The number of alkyl halides is 3. The van der Waals surface area contributed by atoms with Gasteiger partial charge >= 0.3 is 6.18 Å². The molecule has 3 aromatic rings. The van der Waals surface area contributed by atoms with Crippen LogP contribution in [0.25, 0.3) is 11.3 Å². The lowest BCUT2D eigenvalue weighted by atomic mass is 9.93. The number of fused-ring (bicyclic) bond motifs is 1. The Morgan fingerprint density at radius 1 is 1.06 bits per heavy atom. The Balaban J connectivity index is 1.38. The van der Waals surface area contributed by atoms with Crippen molar-refractivity contribution in [3.8, 4) is 11.3 Å². The van der Waals surface area contributed by atoms with Crippen molar-refractivity contribution in [1.82, 2.24) is 28.7 Å². The van der Waals surface area contributed by atoms with Crippen LogP contribution in [0.5, 0.6) is 0 Å². The van der Waals surface area contributed by atoms with E-state index in [0.29, 0.717) is 35.7 Å². The second-order valence-corrected chi connectivity index (χ2v) is 17.0. The third-order valence-electron chi connectivity index (χ3n) is 8.40. The maximum Gasteiger partial charge on any atom is 0.417 e. The van der Waals surface area contributed by atoms with E-state index in [0.717, 1.165) is 67.7 Å². The standard InChI is InChI=1S/C30H39F3N6O5S3/c1-46(41,42)35-12-16-45-28-17-22(6-7-25(28)30(31,32)33)29-24-20-38(47(2,43)44)15-10-27(24)39(36-29)19-23(40)18-37-13-8-21(9-14-37)26-5-3-4-11-34-26/h3-7,11,17,21,23,35,40H,8-10,12-16,18-20H2,1-2H3. The van der Waals surface area contributed by atoms with Crippen LogP contribution in [0.1, 0.15) is 41.3 Å². The predicted octanol–water partition coefficient (Wildman–Crippen LogP) is 3.16. The van der Waals surface area contributed by atoms with Crippen LogP contribution >= 0.6 is 11.8 Å². The average molecular weight is 717 g/mol. The molecule has 258 valence electrons. The molecule has 1 saturated heterocycles. The molecule has 1 fully saturated rings. The number of nitrogens with zero attached hydrogens (tertiary/aromatic N) is 5. The fraction of sp³-hybridized carbons (Fsp3) is 0.533. The van der Waals surface area contributed by atoms with E-state index < -0.39 is 37.9 Å². The van der Waals surface area contributed by atoms with Crippen LogP contribution < -0.4 is 4.72 Å². The lowest BCUT2D eigenvalue weighted by Gasteiger charge is -2.33. The number of halogens is 3. The molecular weight excluding hydrogens is 678 g/mol. The molecule has 2 N–H and O–H groups in total. The molecule has 2 aliphatic heterocycles. The number of likely N-dealkylation sites (tertiary alicyclic amines) is 1. The number of hydrogen-bond donors (Lipinski definition) is 2. The van der Waals surface area contributed by atoms with E-state index in [-0.39, 0.29) is 36.8 Å². The summed E-state index contributed by atoms with van der Waals surface area (Å²) in [7, 11) is -7.06. The third kappa shape index (κ3) is 9.33. The number of hydrogen-bond acceptors (Lipinski definition) is 9. The Morgan fingerprint density at radius 3 is 2.45 bits per heavy atom. The molecule has 1 aromatic carbocycles. The summed E-state index contributed by atoms with van der Waals surface area (Å²) in [6, 6.07) is 9.56. The number of rotatable bonds is 12. The van der Waals surface area contributed by atoms with Gasteiger partial charge in [0.2, 0.25) is 20.0 Å². The van der Waals surface area contributed by atoms with Crippen LogP contribution in [-0.2, 0) is 45.7 Å². The van der Waals surface area contributed by atoms with Crippen LogP contribution in [0, 0.1) is 0 Å². The van der Waals surface area contributed by atoms with Crippen LogP contribution in [0.4, 0.5) is 13.2 Å². The number of pyridine rings is 1. The summed E-state index contributed by atoms with van der Waals surface area (Å²) >= 11 is 0.864. The zero-order valence-electron chi connectivity index (χ0n) is 26.1. The van der Waals surface area contributed by atoms with Gasteiger partial charge in [0.15, 0.2) is 0 Å². The van der Waals surface area contributed by atoms with Crippen LogP contribution in [-0.4, -0.2) is 103 Å². The Labute approximate surface area is 277 Å². The second-order valence-electron chi connectivity index (χ2n) is 12.0. The monoisotopic (exact) mass is 716 g/mol. The summed E-state index contributed by atoms with van der Waals surface area (Å²) in [5, 5.41) is 15.9. The van der Waals surface area contributed by atoms with Crippen LogP contribution in [0.2, 0.25) is 0 Å². The van der Waals surface area contributed by atoms with E-state index >= 15 is 0 Å². The first kappa shape index (κ1) is 35.8. The van der Waals surface area contributed by atoms with Crippen molar-refractivity contribution < 1.29 is 35.1 Å². The first-order valence-corrected chi connectivity index (χ1v) is 19.9. The molecule has 2 aliphatic rings. The Bertz CT molecular complexity index is 1760. The molecule has 0 amide bonds. The number of nitrogens with one attached hydrogen (secondary N) is 1. The highest BCUT2D eigenvalue weighted by atomic mass is 32.2. The maximum absolute atomic E-state index is 13.9. The first-order valence-electron chi connectivity index (χ1n) is 15.2. The molecule has 0 spiro atoms. The highest BCUT2D eigenvalue weighted by Gasteiger charge is 2.35. The van der Waals surface area contributed by atoms with Gasteiger partial charge in [-0.2, -0.15) is 22.6 Å². The number of thioether (sulfide) groups is 1. The van der Waals surface area contributed by atoms with Gasteiger partial charge in [0, 0.05) is 77.9 Å². The SMILES string of the molecule is CS(=O)(=O)NCCSc1cc(-c2nn(CC(O)CN3CCC(c4ccccn4)CC3)c3c2CN(S(C)(=O)=O)CC3)ccc1C(F)(F)F. The Morgan fingerprint density at radius 2 is 1.81 bits per heavy atom. The number of benzene rings is 1. The summed E-state index contributed by atoms with van der Waals surface area (Å²) in [6.45, 7) is 2.32. The largest absolute Gasteiger partial charge is 0.417 e. The van der Waals surface area contributed by atoms with Gasteiger partial charge in [-0.1, -0.05) is 12.1 Å². The van der Waals surface area contributed by atoms with Gasteiger partial charge in [0.05, 0.1) is 36.4 Å². The van der Waals surface area contributed by atoms with Gasteiger partial charge in [-0.05, 0) is 50.2 Å². The average Bonchev–Trinajstić information content (AvgIpc) is 3.36. The molecule has 4 heterocycles. The number of aliphatic hydroxyl groups excluding tert-OH is 1. The topological polar surface area (TPSA) is 138 Å². The first-order chi connectivity index (χ1) is 22.1. The van der Waals surface area contributed by atoms with Gasteiger partial charge in [0.25, 0.3) is 0 Å². The van der Waals surface area contributed by atoms with Gasteiger partial charge in [-0.15, -0.1) is 11.8 Å². The summed E-state index contributed by atoms with van der Waals surface area (Å²) in [5.41, 5.74) is 2.24. The van der Waals surface area contributed by atoms with Crippen molar-refractivity contribution in [1.29, 1.82) is 0 Å². The van der Waals surface area contributed by atoms with E-state index in [2.05, 4.69) is 14.6 Å². The molecule has 0 saturated carbocycles. The fourth-order valence-corrected chi connectivity index (χ4v) is 8.49. The molecule has 47 heavy (non-hydrogen) atoms. The minimum Gasteiger partial charge on any atom is -0.390 e. The quantitative estimate of drug-likeness (QED) is 0.214. The number of β-amino-alcohol motifs (C(OH)–C–C–N with tert-alkyl or cyclic N) is 1. The van der Waals surface area contributed by atoms with E-state index in [9.17, 15) is 35.1 Å². The van der Waals surface area contributed by atoms with Crippen molar-refractivity contribution in [3.05, 3.63) is 65.1 Å². The molecule has 2 aromatic heterocycles. The summed E-state index contributed by atoms with van der Waals surface area (Å²) in [5.74, 6) is 0.421. The van der Waals surface area contributed by atoms with Crippen molar-refractivity contribution in [2.75, 3.05) is 51.0 Å². The van der Waals surface area contributed by atoms with Gasteiger partial charge in [-0.3, -0.25) is 9.67 Å². The fourth-order valence-electron chi connectivity index (χ4n) is 6.13. The van der Waals surface area contributed by atoms with Gasteiger partial charge in [0.1, 0.15) is 0 Å². The zero-order valence-corrected chi connectivity index (χ0v) is 28.6. The lowest BCUT2D eigenvalue weighted by molar-refractivity contribution is -0.139. The van der Waals surface area contributed by atoms with Crippen molar-refractivity contribution in [2.45, 2.75) is 55.4 Å². The third-order valence-corrected chi connectivity index (χ3v) is 11.4. The molecule has 1 unspecified atom stereocenters. The normalized spacial score (nSPS) is 17.9. The second kappa shape index (κ2) is 14.5. The number of aliphatic hydroxyl groups is 1. The van der Waals surface area contributed by atoms with E-state index in [4.69, 9.17) is 5.10 Å². The summed E-state index contributed by atoms with van der Waals surface area (Å²) in [6.07, 6.45) is 0.623. The number of aromatic nitrogens is 3. The van der Waals surface area contributed by atoms with Crippen LogP contribution in [0.15, 0.2) is 47.5 Å². The maximum atomic E-state index is 13.9. The number of piperidine rings is 1. The number of sulfonamides is 2. The highest BCUT2D eigenvalue weighted by Crippen LogP contribution is 2.40. The van der Waals surface area contributed by atoms with E-state index in [1.54, 1.807) is 10.9 Å². The molecule has 0 aliphatic carbocycles. The molecule has 0 bridgehead atoms. The summed E-state index contributed by atoms with van der Waals surface area (Å²) < 4.78 is 94.8. The highest BCUT2D eigenvalue weighted by molar-refractivity contribution is 7.99. The Kier molecular flexibility index (Phi) is 11.0. The molecule has 1 atom stereocenters. The van der Waals surface area contributed by atoms with E-state index in [1.807, 2.05) is 18.2 Å². The molecule has 17 heteroatoms. The molecular formula is C30H39F3N6O5S3. The minimum absolute atomic E-state index is 0.00239. The Hall–Kier alpha value is -2.54. The smallest absolute Gasteiger partial charge is 0.390 e. The minimum atomic E-state index is -4.65. The lowest BCUT2D eigenvalue weighted by Crippen LogP contribution is -2.40. The van der Waals surface area contributed by atoms with Crippen LogP contribution in [0.3, 0.4) is 0 Å². The molecule has 11 nitrogen and oxygen atoms in total. The van der Waals surface area contributed by atoms with Crippen molar-refractivity contribution in [3.63, 3.8) is 0 Å². The molecule has 0 radical (unpaired) electrons. The zero-order chi connectivity index (χ0) is 34.0. The van der Waals surface area contributed by atoms with Crippen molar-refractivity contribution >= 4 is 31.8 Å². The summed E-state index contributed by atoms with van der Waals surface area (Å²) in [4.78, 5) is 6.58. The van der Waals surface area contributed by atoms with Gasteiger partial charge < -0.3 is 10.0 Å². The van der Waals surface area contributed by atoms with Gasteiger partial charge in [-0.25, -0.2) is 21.6 Å². The molecule has 5 rings (SSSR count).